The minimum atomic E-state index is -0.208. The van der Waals surface area contributed by atoms with Crippen LogP contribution in [0.1, 0.15) is 11.1 Å². The zero-order chi connectivity index (χ0) is 17.8. The Balaban J connectivity index is 2.13. The average molecular weight is 368 g/mol. The number of nitrogens with zero attached hydrogens (tertiary/aromatic N) is 2. The van der Waals surface area contributed by atoms with Crippen LogP contribution in [0.5, 0.6) is 0 Å². The van der Waals surface area contributed by atoms with E-state index in [4.69, 9.17) is 28.3 Å². The molecule has 0 amide bonds. The lowest BCUT2D eigenvalue weighted by Crippen LogP contribution is -1.97. The monoisotopic (exact) mass is 367 g/mol. The van der Waals surface area contributed by atoms with Crippen LogP contribution < -0.4 is 5.32 Å². The van der Waals surface area contributed by atoms with E-state index >= 15 is 0 Å². The molecule has 0 atom stereocenters. The Morgan fingerprint density at radius 1 is 1.16 bits per heavy atom. The number of anilines is 2. The predicted octanol–water partition coefficient (Wildman–Crippen LogP) is 4.50. The van der Waals surface area contributed by atoms with Crippen LogP contribution in [0.25, 0.3) is 10.9 Å². The summed E-state index contributed by atoms with van der Waals surface area (Å²) in [7, 11) is 0. The molecule has 0 aliphatic carbocycles. The molecule has 0 spiro atoms. The van der Waals surface area contributed by atoms with E-state index in [1.807, 2.05) is 12.1 Å². The van der Waals surface area contributed by atoms with Crippen molar-refractivity contribution in [2.45, 2.75) is 0 Å². The first-order valence-electron chi connectivity index (χ1n) is 7.27. The second kappa shape index (κ2) is 7.42. The van der Waals surface area contributed by atoms with E-state index in [-0.39, 0.29) is 6.61 Å². The highest BCUT2D eigenvalue weighted by molar-refractivity contribution is 6.36. The molecule has 2 N–H and O–H groups in total. The number of aromatic nitrogens is 1. The molecule has 0 aliphatic heterocycles. The summed E-state index contributed by atoms with van der Waals surface area (Å²) in [5.41, 5.74) is 3.05. The van der Waals surface area contributed by atoms with Crippen LogP contribution in [0.2, 0.25) is 10.0 Å². The molecular formula is C19H11Cl2N3O. The molecule has 0 aliphatic rings. The number of rotatable bonds is 2. The highest BCUT2D eigenvalue weighted by atomic mass is 35.5. The maximum absolute atomic E-state index is 9.41. The Morgan fingerprint density at radius 3 is 2.72 bits per heavy atom. The molecule has 3 aromatic rings. The number of halogens is 2. The third kappa shape index (κ3) is 3.68. The molecule has 4 nitrogen and oxygen atoms in total. The van der Waals surface area contributed by atoms with Crippen molar-refractivity contribution in [3.05, 3.63) is 63.8 Å². The third-order valence-electron chi connectivity index (χ3n) is 3.49. The smallest absolute Gasteiger partial charge is 0.104 e. The van der Waals surface area contributed by atoms with E-state index in [0.29, 0.717) is 32.5 Å². The van der Waals surface area contributed by atoms with Crippen molar-refractivity contribution in [1.82, 2.24) is 4.98 Å². The fraction of sp³-hybridized carbons (Fsp3) is 0.0526. The molecule has 6 heteroatoms. The van der Waals surface area contributed by atoms with Crippen LogP contribution in [0.15, 0.2) is 42.6 Å². The summed E-state index contributed by atoms with van der Waals surface area (Å²) in [5.74, 6) is 5.44. The topological polar surface area (TPSA) is 68.9 Å². The second-order valence-corrected chi connectivity index (χ2v) is 5.94. The standard InChI is InChI=1S/C19H11Cl2N3O/c20-14-4-6-17(16(21)9-14)24-19-13(10-22)11-23-18-8-12(2-1-7-25)3-5-15(18)19/h3-6,8-9,11,25H,7H2,(H,23,24). The summed E-state index contributed by atoms with van der Waals surface area (Å²) >= 11 is 12.1. The Kier molecular flexibility index (Phi) is 5.07. The Hall–Kier alpha value is -2.76. The zero-order valence-corrected chi connectivity index (χ0v) is 14.4. The van der Waals surface area contributed by atoms with E-state index in [1.54, 1.807) is 24.3 Å². The number of aliphatic hydroxyl groups is 1. The minimum absolute atomic E-state index is 0.208. The van der Waals surface area contributed by atoms with Gasteiger partial charge < -0.3 is 10.4 Å². The van der Waals surface area contributed by atoms with Gasteiger partial charge in [0, 0.05) is 22.2 Å². The number of nitriles is 1. The predicted molar refractivity (Wildman–Crippen MR) is 100 cm³/mol. The number of nitrogens with one attached hydrogen (secondary N) is 1. The molecule has 2 aromatic carbocycles. The van der Waals surface area contributed by atoms with Crippen LogP contribution in [-0.2, 0) is 0 Å². The van der Waals surface area contributed by atoms with Gasteiger partial charge in [-0.1, -0.05) is 35.0 Å². The lowest BCUT2D eigenvalue weighted by molar-refractivity contribution is 0.350. The SMILES string of the molecule is N#Cc1cnc2cc(C#CCO)ccc2c1Nc1ccc(Cl)cc1Cl. The van der Waals surface area contributed by atoms with Crippen LogP contribution in [0.4, 0.5) is 11.4 Å². The van der Waals surface area contributed by atoms with E-state index in [0.717, 1.165) is 10.9 Å². The summed E-state index contributed by atoms with van der Waals surface area (Å²) in [6, 6.07) is 12.7. The van der Waals surface area contributed by atoms with E-state index in [9.17, 15) is 5.26 Å². The van der Waals surface area contributed by atoms with Crippen molar-refractivity contribution in [1.29, 1.82) is 5.26 Å². The molecular weight excluding hydrogens is 357 g/mol. The van der Waals surface area contributed by atoms with E-state index in [2.05, 4.69) is 28.2 Å². The van der Waals surface area contributed by atoms with Gasteiger partial charge in [0.25, 0.3) is 0 Å². The van der Waals surface area contributed by atoms with Crippen molar-refractivity contribution < 1.29 is 5.11 Å². The van der Waals surface area contributed by atoms with Crippen molar-refractivity contribution in [2.75, 3.05) is 11.9 Å². The van der Waals surface area contributed by atoms with Gasteiger partial charge >= 0.3 is 0 Å². The highest BCUT2D eigenvalue weighted by Crippen LogP contribution is 2.33. The molecule has 0 saturated carbocycles. The van der Waals surface area contributed by atoms with Crippen molar-refractivity contribution in [3.8, 4) is 17.9 Å². The first-order valence-corrected chi connectivity index (χ1v) is 8.02. The number of hydrogen-bond donors (Lipinski definition) is 2. The van der Waals surface area contributed by atoms with Crippen molar-refractivity contribution in [3.63, 3.8) is 0 Å². The van der Waals surface area contributed by atoms with Crippen molar-refractivity contribution >= 4 is 45.5 Å². The average Bonchev–Trinajstić information content (AvgIpc) is 2.62. The van der Waals surface area contributed by atoms with Crippen molar-refractivity contribution in [2.24, 2.45) is 0 Å². The lowest BCUT2D eigenvalue weighted by atomic mass is 10.1. The molecule has 122 valence electrons. The molecule has 25 heavy (non-hydrogen) atoms. The molecule has 0 radical (unpaired) electrons. The van der Waals surface area contributed by atoms with E-state index in [1.165, 1.54) is 6.20 Å². The second-order valence-electron chi connectivity index (χ2n) is 5.10. The van der Waals surface area contributed by atoms with Gasteiger partial charge in [-0.25, -0.2) is 0 Å². The first-order chi connectivity index (χ1) is 12.1. The van der Waals surface area contributed by atoms with Gasteiger partial charge in [-0.15, -0.1) is 0 Å². The summed E-state index contributed by atoms with van der Waals surface area (Å²) in [6.45, 7) is -0.208. The summed E-state index contributed by atoms with van der Waals surface area (Å²) in [6.07, 6.45) is 1.50. The molecule has 0 unspecified atom stereocenters. The third-order valence-corrected chi connectivity index (χ3v) is 4.04. The molecule has 1 heterocycles. The maximum atomic E-state index is 9.41. The summed E-state index contributed by atoms with van der Waals surface area (Å²) in [4.78, 5) is 4.31. The fourth-order valence-corrected chi connectivity index (χ4v) is 2.81. The van der Waals surface area contributed by atoms with Gasteiger partial charge in [-0.05, 0) is 36.4 Å². The molecule has 3 rings (SSSR count). The van der Waals surface area contributed by atoms with Crippen LogP contribution in [-0.4, -0.2) is 16.7 Å². The van der Waals surface area contributed by atoms with Gasteiger partial charge in [-0.2, -0.15) is 5.26 Å². The van der Waals surface area contributed by atoms with Gasteiger partial charge in [0.1, 0.15) is 12.7 Å². The number of pyridine rings is 1. The quantitative estimate of drug-likeness (QED) is 0.654. The first kappa shape index (κ1) is 17.1. The van der Waals surface area contributed by atoms with Crippen LogP contribution in [0.3, 0.4) is 0 Å². The van der Waals surface area contributed by atoms with Gasteiger partial charge in [-0.3, -0.25) is 4.98 Å². The fourth-order valence-electron chi connectivity index (χ4n) is 2.36. The Morgan fingerprint density at radius 2 is 2.00 bits per heavy atom. The van der Waals surface area contributed by atoms with Gasteiger partial charge in [0.05, 0.1) is 27.5 Å². The molecule has 1 aromatic heterocycles. The molecule has 0 bridgehead atoms. The van der Waals surface area contributed by atoms with Gasteiger partial charge in [0.2, 0.25) is 0 Å². The van der Waals surface area contributed by atoms with Crippen LogP contribution in [0, 0.1) is 23.2 Å². The summed E-state index contributed by atoms with van der Waals surface area (Å²) in [5, 5.41) is 23.2. The normalized spacial score (nSPS) is 10.0. The Bertz CT molecular complexity index is 1060. The summed E-state index contributed by atoms with van der Waals surface area (Å²) < 4.78 is 0. The molecule has 0 saturated heterocycles. The Labute approximate surface area is 154 Å². The largest absolute Gasteiger partial charge is 0.384 e. The number of aliphatic hydroxyl groups excluding tert-OH is 1. The minimum Gasteiger partial charge on any atom is -0.384 e. The molecule has 0 fully saturated rings. The number of benzene rings is 2. The zero-order valence-electron chi connectivity index (χ0n) is 12.8. The van der Waals surface area contributed by atoms with E-state index < -0.39 is 0 Å². The maximum Gasteiger partial charge on any atom is 0.104 e. The van der Waals surface area contributed by atoms with Gasteiger partial charge in [0.15, 0.2) is 0 Å². The highest BCUT2D eigenvalue weighted by Gasteiger charge is 2.11. The van der Waals surface area contributed by atoms with Crippen LogP contribution >= 0.6 is 23.2 Å². The number of fused-ring (bicyclic) bond motifs is 1. The number of hydrogen-bond acceptors (Lipinski definition) is 4. The lowest BCUT2D eigenvalue weighted by Gasteiger charge is -2.13.